The van der Waals surface area contributed by atoms with Gasteiger partial charge in [-0.25, -0.2) is 14.2 Å². The largest absolute Gasteiger partial charge is 0.444 e. The minimum absolute atomic E-state index is 0.261. The molecule has 1 saturated heterocycles. The third kappa shape index (κ3) is 5.58. The van der Waals surface area contributed by atoms with Crippen LogP contribution in [0.5, 0.6) is 0 Å². The van der Waals surface area contributed by atoms with Gasteiger partial charge in [-0.05, 0) is 63.8 Å². The van der Waals surface area contributed by atoms with Gasteiger partial charge < -0.3 is 19.5 Å². The second-order valence-corrected chi connectivity index (χ2v) is 9.93. The number of anilines is 1. The van der Waals surface area contributed by atoms with E-state index in [1.54, 1.807) is 17.0 Å². The molecule has 0 aliphatic carbocycles. The van der Waals surface area contributed by atoms with Crippen molar-refractivity contribution in [1.29, 1.82) is 0 Å². The van der Waals surface area contributed by atoms with Crippen molar-refractivity contribution in [2.75, 3.05) is 25.0 Å². The molecule has 4 rings (SSSR count). The van der Waals surface area contributed by atoms with Crippen LogP contribution in [0.25, 0.3) is 11.0 Å². The third-order valence-electron chi connectivity index (χ3n) is 5.75. The molecular weight excluding hydrogens is 443 g/mol. The average molecular weight is 473 g/mol. The molecule has 2 heterocycles. The van der Waals surface area contributed by atoms with Crippen molar-refractivity contribution in [1.82, 2.24) is 14.5 Å². The van der Waals surface area contributed by atoms with Gasteiger partial charge in [0.1, 0.15) is 11.4 Å². The van der Waals surface area contributed by atoms with E-state index < -0.39 is 5.60 Å². The second-order valence-electron chi connectivity index (χ2n) is 9.53. The number of amides is 1. The van der Waals surface area contributed by atoms with Crippen LogP contribution in [0.1, 0.15) is 39.2 Å². The van der Waals surface area contributed by atoms with Crippen LogP contribution in [0, 0.1) is 11.7 Å². The second kappa shape index (κ2) is 9.59. The molecule has 176 valence electrons. The number of piperidine rings is 1. The van der Waals surface area contributed by atoms with Crippen LogP contribution in [0.2, 0.25) is 5.02 Å². The number of likely N-dealkylation sites (tertiary alicyclic amines) is 1. The molecular formula is C25H30ClFN4O2. The van der Waals surface area contributed by atoms with Crippen LogP contribution in [-0.2, 0) is 11.3 Å². The van der Waals surface area contributed by atoms with Crippen LogP contribution in [0.15, 0.2) is 42.5 Å². The molecule has 1 N–H and O–H groups in total. The molecule has 2 aromatic carbocycles. The number of hydrogen-bond acceptors (Lipinski definition) is 4. The highest BCUT2D eigenvalue weighted by atomic mass is 35.5. The summed E-state index contributed by atoms with van der Waals surface area (Å²) in [5.74, 6) is 0.577. The van der Waals surface area contributed by atoms with Gasteiger partial charge in [0.25, 0.3) is 0 Å². The summed E-state index contributed by atoms with van der Waals surface area (Å²) in [4.78, 5) is 19.0. The summed E-state index contributed by atoms with van der Waals surface area (Å²) in [7, 11) is 0. The Morgan fingerprint density at radius 3 is 2.79 bits per heavy atom. The zero-order valence-corrected chi connectivity index (χ0v) is 20.0. The number of benzene rings is 2. The quantitative estimate of drug-likeness (QED) is 0.499. The molecule has 1 amide bonds. The number of halogens is 2. The zero-order chi connectivity index (χ0) is 23.6. The van der Waals surface area contributed by atoms with E-state index in [0.717, 1.165) is 23.9 Å². The molecule has 6 nitrogen and oxygen atoms in total. The van der Waals surface area contributed by atoms with E-state index in [2.05, 4.69) is 5.32 Å². The monoisotopic (exact) mass is 472 g/mol. The maximum atomic E-state index is 14.5. The summed E-state index contributed by atoms with van der Waals surface area (Å²) in [6.45, 7) is 7.87. The molecule has 1 aliphatic rings. The Morgan fingerprint density at radius 1 is 1.24 bits per heavy atom. The Bertz CT molecular complexity index is 1120. The average Bonchev–Trinajstić information content (AvgIpc) is 3.11. The number of rotatable bonds is 5. The topological polar surface area (TPSA) is 59.4 Å². The number of carbonyl (C=O) groups is 1. The number of para-hydroxylation sites is 2. The number of imidazole rings is 1. The van der Waals surface area contributed by atoms with Gasteiger partial charge in [-0.15, -0.1) is 0 Å². The molecule has 0 unspecified atom stereocenters. The number of nitrogens with zero attached hydrogens (tertiary/aromatic N) is 3. The number of fused-ring (bicyclic) bond motifs is 1. The maximum absolute atomic E-state index is 14.5. The van der Waals surface area contributed by atoms with Crippen molar-refractivity contribution in [3.63, 3.8) is 0 Å². The highest BCUT2D eigenvalue weighted by Crippen LogP contribution is 2.27. The van der Waals surface area contributed by atoms with Crippen LogP contribution in [0.3, 0.4) is 0 Å². The molecule has 0 saturated carbocycles. The van der Waals surface area contributed by atoms with Gasteiger partial charge in [-0.1, -0.05) is 29.8 Å². The summed E-state index contributed by atoms with van der Waals surface area (Å²) >= 11 is 6.30. The van der Waals surface area contributed by atoms with Crippen LogP contribution >= 0.6 is 11.6 Å². The van der Waals surface area contributed by atoms with Crippen molar-refractivity contribution in [3.8, 4) is 0 Å². The Balaban J connectivity index is 1.51. The molecule has 1 aromatic heterocycles. The number of hydrogen-bond donors (Lipinski definition) is 1. The van der Waals surface area contributed by atoms with Crippen molar-refractivity contribution in [2.24, 2.45) is 5.92 Å². The number of carbonyl (C=O) groups excluding carboxylic acids is 1. The summed E-state index contributed by atoms with van der Waals surface area (Å²) in [6.07, 6.45) is 1.66. The fourth-order valence-electron chi connectivity index (χ4n) is 4.17. The zero-order valence-electron chi connectivity index (χ0n) is 19.3. The van der Waals surface area contributed by atoms with E-state index in [0.29, 0.717) is 36.2 Å². The minimum atomic E-state index is -0.513. The van der Waals surface area contributed by atoms with Gasteiger partial charge in [0.05, 0.1) is 17.6 Å². The summed E-state index contributed by atoms with van der Waals surface area (Å²) in [6, 6.07) is 12.5. The van der Waals surface area contributed by atoms with Crippen LogP contribution < -0.4 is 5.32 Å². The lowest BCUT2D eigenvalue weighted by Crippen LogP contribution is -2.44. The van der Waals surface area contributed by atoms with Gasteiger partial charge >= 0.3 is 6.09 Å². The lowest BCUT2D eigenvalue weighted by Gasteiger charge is -2.34. The predicted molar refractivity (Wildman–Crippen MR) is 129 cm³/mol. The van der Waals surface area contributed by atoms with Crippen molar-refractivity contribution >= 4 is 34.7 Å². The van der Waals surface area contributed by atoms with Gasteiger partial charge in [0, 0.05) is 30.2 Å². The Labute approximate surface area is 198 Å². The van der Waals surface area contributed by atoms with E-state index in [1.807, 2.05) is 49.6 Å². The maximum Gasteiger partial charge on any atom is 0.410 e. The molecule has 0 bridgehead atoms. The summed E-state index contributed by atoms with van der Waals surface area (Å²) in [5.41, 5.74) is 1.64. The van der Waals surface area contributed by atoms with E-state index in [1.165, 1.54) is 6.07 Å². The van der Waals surface area contributed by atoms with Crippen molar-refractivity contribution in [3.05, 3.63) is 58.9 Å². The first kappa shape index (κ1) is 23.4. The third-order valence-corrected chi connectivity index (χ3v) is 6.11. The van der Waals surface area contributed by atoms with Gasteiger partial charge in [-0.2, -0.15) is 0 Å². The molecule has 0 radical (unpaired) electrons. The van der Waals surface area contributed by atoms with Gasteiger partial charge in [-0.3, -0.25) is 0 Å². The number of ether oxygens (including phenoxy) is 1. The highest BCUT2D eigenvalue weighted by molar-refractivity contribution is 6.31. The SMILES string of the molecule is CC(C)(C)OC(=O)N1CCC[C@H](CNc2nc3ccccc3n2Cc2c(F)cccc2Cl)C1. The van der Waals surface area contributed by atoms with E-state index in [4.69, 9.17) is 21.3 Å². The summed E-state index contributed by atoms with van der Waals surface area (Å²) < 4.78 is 22.0. The van der Waals surface area contributed by atoms with E-state index >= 15 is 0 Å². The lowest BCUT2D eigenvalue weighted by molar-refractivity contribution is 0.0172. The molecule has 1 aliphatic heterocycles. The predicted octanol–water partition coefficient (Wildman–Crippen LogP) is 5.94. The first-order chi connectivity index (χ1) is 15.7. The Morgan fingerprint density at radius 2 is 2.03 bits per heavy atom. The van der Waals surface area contributed by atoms with Crippen molar-refractivity contribution in [2.45, 2.75) is 45.8 Å². The normalized spacial score (nSPS) is 16.8. The fraction of sp³-hybridized carbons (Fsp3) is 0.440. The van der Waals surface area contributed by atoms with Gasteiger partial charge in [0.2, 0.25) is 5.95 Å². The first-order valence-electron chi connectivity index (χ1n) is 11.3. The molecule has 3 aromatic rings. The minimum Gasteiger partial charge on any atom is -0.444 e. The number of nitrogens with one attached hydrogen (secondary N) is 1. The van der Waals surface area contributed by atoms with E-state index in [-0.39, 0.29) is 24.4 Å². The molecule has 8 heteroatoms. The highest BCUT2D eigenvalue weighted by Gasteiger charge is 2.28. The van der Waals surface area contributed by atoms with Crippen LogP contribution in [0.4, 0.5) is 15.1 Å². The fourth-order valence-corrected chi connectivity index (χ4v) is 4.39. The standard InChI is InChI=1S/C25H30ClFN4O2/c1-25(2,3)33-24(32)30-13-7-8-17(15-30)14-28-23-29-21-11-4-5-12-22(21)31(23)16-18-19(26)9-6-10-20(18)27/h4-6,9-12,17H,7-8,13-16H2,1-3H3,(H,28,29)/t17-/m1/s1. The molecule has 0 spiro atoms. The molecule has 1 fully saturated rings. The Kier molecular flexibility index (Phi) is 6.79. The van der Waals surface area contributed by atoms with Gasteiger partial charge in [0.15, 0.2) is 0 Å². The summed E-state index contributed by atoms with van der Waals surface area (Å²) in [5, 5.41) is 3.83. The van der Waals surface area contributed by atoms with Crippen LogP contribution in [-0.4, -0.2) is 45.8 Å². The smallest absolute Gasteiger partial charge is 0.410 e. The number of aromatic nitrogens is 2. The Hall–Kier alpha value is -2.80. The van der Waals surface area contributed by atoms with Crippen molar-refractivity contribution < 1.29 is 13.9 Å². The lowest BCUT2D eigenvalue weighted by atomic mass is 9.98. The molecule has 1 atom stereocenters. The van der Waals surface area contributed by atoms with E-state index in [9.17, 15) is 9.18 Å². The first-order valence-corrected chi connectivity index (χ1v) is 11.7. The molecule has 33 heavy (non-hydrogen) atoms.